The molecule has 0 atom stereocenters. The standard InChI is InChI=1S/C7H14N4O2S2/c1-6-9-10-7(14-6)8-4-5-15(12,13)11(2)3/h4-5H2,1-3H3,(H,8,10). The normalized spacial score (nSPS) is 12.0. The predicted octanol–water partition coefficient (Wildman–Crippen LogP) is 0.150. The highest BCUT2D eigenvalue weighted by Gasteiger charge is 2.12. The molecular weight excluding hydrogens is 236 g/mol. The topological polar surface area (TPSA) is 75.2 Å². The number of nitrogens with one attached hydrogen (secondary N) is 1. The molecule has 86 valence electrons. The van der Waals surface area contributed by atoms with Crippen molar-refractivity contribution in [3.05, 3.63) is 5.01 Å². The summed E-state index contributed by atoms with van der Waals surface area (Å²) in [5.41, 5.74) is 0. The molecule has 1 rings (SSSR count). The Kier molecular flexibility index (Phi) is 4.00. The van der Waals surface area contributed by atoms with Crippen LogP contribution in [0.5, 0.6) is 0 Å². The molecule has 0 fully saturated rings. The van der Waals surface area contributed by atoms with Gasteiger partial charge >= 0.3 is 0 Å². The van der Waals surface area contributed by atoms with Gasteiger partial charge in [-0.05, 0) is 6.92 Å². The van der Waals surface area contributed by atoms with Gasteiger partial charge in [0.15, 0.2) is 0 Å². The van der Waals surface area contributed by atoms with Gasteiger partial charge in [0.1, 0.15) is 5.01 Å². The number of aromatic nitrogens is 2. The Hall–Kier alpha value is -0.730. The molecule has 15 heavy (non-hydrogen) atoms. The van der Waals surface area contributed by atoms with Gasteiger partial charge in [0.2, 0.25) is 15.2 Å². The molecule has 0 saturated heterocycles. The zero-order valence-electron chi connectivity index (χ0n) is 8.89. The summed E-state index contributed by atoms with van der Waals surface area (Å²) in [6, 6.07) is 0. The molecule has 1 heterocycles. The summed E-state index contributed by atoms with van der Waals surface area (Å²) in [5, 5.41) is 12.1. The van der Waals surface area contributed by atoms with Crippen LogP contribution in [0.4, 0.5) is 5.13 Å². The predicted molar refractivity (Wildman–Crippen MR) is 60.6 cm³/mol. The number of hydrogen-bond donors (Lipinski definition) is 1. The van der Waals surface area contributed by atoms with Crippen LogP contribution in [0.3, 0.4) is 0 Å². The van der Waals surface area contributed by atoms with E-state index in [0.29, 0.717) is 11.7 Å². The molecule has 0 unspecified atom stereocenters. The van der Waals surface area contributed by atoms with Gasteiger partial charge in [-0.1, -0.05) is 11.3 Å². The van der Waals surface area contributed by atoms with Gasteiger partial charge in [-0.3, -0.25) is 0 Å². The number of aryl methyl sites for hydroxylation is 1. The summed E-state index contributed by atoms with van der Waals surface area (Å²) < 4.78 is 24.0. The maximum Gasteiger partial charge on any atom is 0.215 e. The molecule has 1 aromatic rings. The first-order valence-electron chi connectivity index (χ1n) is 4.36. The first-order valence-corrected chi connectivity index (χ1v) is 6.78. The van der Waals surface area contributed by atoms with Gasteiger partial charge in [0.05, 0.1) is 5.75 Å². The summed E-state index contributed by atoms with van der Waals surface area (Å²) in [7, 11) is -0.0977. The lowest BCUT2D eigenvalue weighted by molar-refractivity contribution is 0.521. The number of nitrogens with zero attached hydrogens (tertiary/aromatic N) is 3. The van der Waals surface area contributed by atoms with Crippen LogP contribution in [-0.2, 0) is 10.0 Å². The largest absolute Gasteiger partial charge is 0.359 e. The summed E-state index contributed by atoms with van der Waals surface area (Å²) in [6.07, 6.45) is 0. The van der Waals surface area contributed by atoms with Crippen LogP contribution in [0.15, 0.2) is 0 Å². The van der Waals surface area contributed by atoms with Crippen molar-refractivity contribution < 1.29 is 8.42 Å². The van der Waals surface area contributed by atoms with Gasteiger partial charge in [-0.15, -0.1) is 10.2 Å². The zero-order chi connectivity index (χ0) is 11.5. The fourth-order valence-electron chi connectivity index (χ4n) is 0.838. The molecule has 0 spiro atoms. The monoisotopic (exact) mass is 250 g/mol. The lowest BCUT2D eigenvalue weighted by atomic mass is 10.7. The van der Waals surface area contributed by atoms with E-state index in [1.165, 1.54) is 29.7 Å². The maximum absolute atomic E-state index is 11.4. The Morgan fingerprint density at radius 1 is 1.40 bits per heavy atom. The smallest absolute Gasteiger partial charge is 0.215 e. The fraction of sp³-hybridized carbons (Fsp3) is 0.714. The first kappa shape index (κ1) is 12.3. The molecule has 0 saturated carbocycles. The quantitative estimate of drug-likeness (QED) is 0.805. The van der Waals surface area contributed by atoms with E-state index in [1.54, 1.807) is 0 Å². The molecule has 0 amide bonds. The Morgan fingerprint density at radius 3 is 2.53 bits per heavy atom. The number of rotatable bonds is 5. The van der Waals surface area contributed by atoms with Gasteiger partial charge in [0, 0.05) is 20.6 Å². The van der Waals surface area contributed by atoms with Crippen LogP contribution < -0.4 is 5.32 Å². The van der Waals surface area contributed by atoms with Crippen LogP contribution in [0.25, 0.3) is 0 Å². The van der Waals surface area contributed by atoms with E-state index in [-0.39, 0.29) is 5.75 Å². The van der Waals surface area contributed by atoms with Crippen LogP contribution in [0.2, 0.25) is 0 Å². The summed E-state index contributed by atoms with van der Waals surface area (Å²) in [5.74, 6) is 0.0542. The number of anilines is 1. The third-order valence-electron chi connectivity index (χ3n) is 1.72. The van der Waals surface area contributed by atoms with Crippen LogP contribution in [0, 0.1) is 6.92 Å². The van der Waals surface area contributed by atoms with E-state index >= 15 is 0 Å². The molecular formula is C7H14N4O2S2. The molecule has 0 aromatic carbocycles. The van der Waals surface area contributed by atoms with E-state index in [1.807, 2.05) is 6.92 Å². The third kappa shape index (κ3) is 3.73. The summed E-state index contributed by atoms with van der Waals surface area (Å²) in [4.78, 5) is 0. The average molecular weight is 250 g/mol. The van der Waals surface area contributed by atoms with Crippen molar-refractivity contribution in [1.29, 1.82) is 0 Å². The zero-order valence-corrected chi connectivity index (χ0v) is 10.5. The molecule has 0 bridgehead atoms. The van der Waals surface area contributed by atoms with Crippen LogP contribution in [0.1, 0.15) is 5.01 Å². The fourth-order valence-corrected chi connectivity index (χ4v) is 2.18. The lowest BCUT2D eigenvalue weighted by Gasteiger charge is -2.10. The first-order chi connectivity index (χ1) is 6.92. The molecule has 0 aliphatic carbocycles. The SMILES string of the molecule is Cc1nnc(NCCS(=O)(=O)N(C)C)s1. The van der Waals surface area contributed by atoms with Gasteiger partial charge in [-0.2, -0.15) is 0 Å². The second-order valence-electron chi connectivity index (χ2n) is 3.15. The molecule has 0 aliphatic heterocycles. The summed E-state index contributed by atoms with van der Waals surface area (Å²) in [6.45, 7) is 2.19. The lowest BCUT2D eigenvalue weighted by Crippen LogP contribution is -2.28. The van der Waals surface area contributed by atoms with Crippen molar-refractivity contribution in [1.82, 2.24) is 14.5 Å². The Morgan fingerprint density at radius 2 is 2.07 bits per heavy atom. The minimum Gasteiger partial charge on any atom is -0.359 e. The molecule has 6 nitrogen and oxygen atoms in total. The van der Waals surface area contributed by atoms with Crippen molar-refractivity contribution in [2.45, 2.75) is 6.92 Å². The Bertz CT molecular complexity index is 412. The van der Waals surface area contributed by atoms with Crippen molar-refractivity contribution >= 4 is 26.5 Å². The number of hydrogen-bond acceptors (Lipinski definition) is 6. The minimum absolute atomic E-state index is 0.0542. The van der Waals surface area contributed by atoms with E-state index in [0.717, 1.165) is 5.01 Å². The molecule has 1 N–H and O–H groups in total. The molecule has 8 heteroatoms. The van der Waals surface area contributed by atoms with Crippen molar-refractivity contribution in [3.63, 3.8) is 0 Å². The van der Waals surface area contributed by atoms with Gasteiger partial charge < -0.3 is 5.32 Å². The minimum atomic E-state index is -3.13. The van der Waals surface area contributed by atoms with Crippen LogP contribution >= 0.6 is 11.3 Å². The Labute approximate surface area is 93.4 Å². The highest BCUT2D eigenvalue weighted by atomic mass is 32.2. The van der Waals surface area contributed by atoms with E-state index in [4.69, 9.17) is 0 Å². The van der Waals surface area contributed by atoms with Gasteiger partial charge in [-0.25, -0.2) is 12.7 Å². The van der Waals surface area contributed by atoms with E-state index < -0.39 is 10.0 Å². The van der Waals surface area contributed by atoms with Crippen molar-refractivity contribution in [3.8, 4) is 0 Å². The van der Waals surface area contributed by atoms with E-state index in [2.05, 4.69) is 15.5 Å². The highest BCUT2D eigenvalue weighted by molar-refractivity contribution is 7.89. The molecule has 0 aliphatic rings. The van der Waals surface area contributed by atoms with E-state index in [9.17, 15) is 8.42 Å². The third-order valence-corrected chi connectivity index (χ3v) is 4.35. The van der Waals surface area contributed by atoms with Crippen molar-refractivity contribution in [2.75, 3.05) is 31.7 Å². The maximum atomic E-state index is 11.4. The molecule has 0 radical (unpaired) electrons. The van der Waals surface area contributed by atoms with Crippen LogP contribution in [-0.4, -0.2) is 49.3 Å². The second kappa shape index (κ2) is 4.86. The second-order valence-corrected chi connectivity index (χ2v) is 6.64. The Balaban J connectivity index is 2.40. The average Bonchev–Trinajstić information content (AvgIpc) is 2.51. The summed E-state index contributed by atoms with van der Waals surface area (Å²) >= 11 is 1.40. The van der Waals surface area contributed by atoms with Gasteiger partial charge in [0.25, 0.3) is 0 Å². The van der Waals surface area contributed by atoms with Crippen molar-refractivity contribution in [2.24, 2.45) is 0 Å². The molecule has 1 aromatic heterocycles. The number of sulfonamides is 1. The highest BCUT2D eigenvalue weighted by Crippen LogP contribution is 2.12.